The third kappa shape index (κ3) is 3.43. The maximum absolute atomic E-state index is 12.3. The summed E-state index contributed by atoms with van der Waals surface area (Å²) in [4.78, 5) is 4.59. The van der Waals surface area contributed by atoms with E-state index in [1.807, 2.05) is 12.1 Å². The van der Waals surface area contributed by atoms with Gasteiger partial charge in [0.2, 0.25) is 10.0 Å². The molecule has 0 saturated carbocycles. The van der Waals surface area contributed by atoms with E-state index >= 15 is 0 Å². The molecule has 2 heterocycles. The van der Waals surface area contributed by atoms with Crippen LogP contribution in [0.15, 0.2) is 34.8 Å². The number of sulfonamides is 1. The highest BCUT2D eigenvalue weighted by Gasteiger charge is 2.22. The summed E-state index contributed by atoms with van der Waals surface area (Å²) in [7, 11) is -3.58. The molecule has 0 atom stereocenters. The van der Waals surface area contributed by atoms with E-state index in [-0.39, 0.29) is 11.5 Å². The summed E-state index contributed by atoms with van der Waals surface area (Å²) >= 11 is 1.26. The second-order valence-corrected chi connectivity index (χ2v) is 7.00. The Bertz CT molecular complexity index is 666. The zero-order valence-electron chi connectivity index (χ0n) is 11.0. The number of nitrogens with zero attached hydrogens (tertiary/aromatic N) is 1. The second kappa shape index (κ2) is 6.45. The van der Waals surface area contributed by atoms with Crippen LogP contribution < -0.4 is 4.72 Å². The zero-order chi connectivity index (χ0) is 14.6. The average Bonchev–Trinajstić information content (AvgIpc) is 2.81. The number of nitrogens with one attached hydrogen (secondary N) is 1. The lowest BCUT2D eigenvalue weighted by atomic mass is 10.2. The number of aryl methyl sites for hydroxylation is 1. The third-order valence-corrected chi connectivity index (χ3v) is 5.77. The fourth-order valence-corrected chi connectivity index (χ4v) is 4.60. The number of aliphatic hydroxyl groups excluding tert-OH is 1. The van der Waals surface area contributed by atoms with Gasteiger partial charge in [-0.1, -0.05) is 0 Å². The van der Waals surface area contributed by atoms with E-state index in [9.17, 15) is 13.5 Å². The van der Waals surface area contributed by atoms with Crippen molar-refractivity contribution in [2.75, 3.05) is 6.54 Å². The normalized spacial score (nSPS) is 11.7. The molecule has 0 saturated heterocycles. The Morgan fingerprint density at radius 2 is 2.05 bits per heavy atom. The summed E-state index contributed by atoms with van der Waals surface area (Å²) in [6.07, 6.45) is 3.95. The van der Waals surface area contributed by atoms with Crippen molar-refractivity contribution in [3.05, 3.63) is 45.9 Å². The Balaban J connectivity index is 2.06. The minimum absolute atomic E-state index is 0.208. The zero-order valence-corrected chi connectivity index (χ0v) is 12.7. The van der Waals surface area contributed by atoms with Gasteiger partial charge in [-0.05, 0) is 42.0 Å². The van der Waals surface area contributed by atoms with Crippen LogP contribution in [-0.4, -0.2) is 25.1 Å². The Morgan fingerprint density at radius 1 is 1.35 bits per heavy atom. The first-order valence-electron chi connectivity index (χ1n) is 6.11. The summed E-state index contributed by atoms with van der Waals surface area (Å²) in [6.45, 7) is 1.78. The first-order chi connectivity index (χ1) is 9.54. The molecule has 0 aliphatic rings. The quantitative estimate of drug-likeness (QED) is 0.846. The van der Waals surface area contributed by atoms with Crippen molar-refractivity contribution in [3.63, 3.8) is 0 Å². The van der Waals surface area contributed by atoms with E-state index in [1.165, 1.54) is 11.3 Å². The molecule has 0 aliphatic carbocycles. The molecule has 0 radical (unpaired) electrons. The highest BCUT2D eigenvalue weighted by atomic mass is 32.2. The Kier molecular flexibility index (Phi) is 4.87. The first kappa shape index (κ1) is 15.1. The van der Waals surface area contributed by atoms with Crippen LogP contribution in [0.5, 0.6) is 0 Å². The highest BCUT2D eigenvalue weighted by molar-refractivity contribution is 7.89. The molecule has 0 unspecified atom stereocenters. The summed E-state index contributed by atoms with van der Waals surface area (Å²) in [5.41, 5.74) is 1.68. The van der Waals surface area contributed by atoms with Crippen LogP contribution in [0.4, 0.5) is 0 Å². The lowest BCUT2D eigenvalue weighted by molar-refractivity contribution is 0.282. The van der Waals surface area contributed by atoms with Gasteiger partial charge in [-0.2, -0.15) is 0 Å². The average molecular weight is 312 g/mol. The molecule has 2 aromatic heterocycles. The Morgan fingerprint density at radius 3 is 2.70 bits per heavy atom. The largest absolute Gasteiger partial charge is 0.391 e. The van der Waals surface area contributed by atoms with Crippen LogP contribution in [0, 0.1) is 6.92 Å². The molecular weight excluding hydrogens is 296 g/mol. The van der Waals surface area contributed by atoms with Crippen molar-refractivity contribution in [1.82, 2.24) is 9.71 Å². The summed E-state index contributed by atoms with van der Waals surface area (Å²) in [5, 5.41) is 10.9. The van der Waals surface area contributed by atoms with E-state index in [0.29, 0.717) is 23.4 Å². The van der Waals surface area contributed by atoms with Crippen molar-refractivity contribution in [2.45, 2.75) is 24.8 Å². The standard InChI is InChI=1S/C13H16N2O3S2/c1-10-9-19-12(8-16)13(10)20(17,18)15-7-4-11-2-5-14-6-3-11/h2-3,5-6,9,15-16H,4,7-8H2,1H3. The van der Waals surface area contributed by atoms with Gasteiger partial charge < -0.3 is 5.11 Å². The molecule has 108 valence electrons. The van der Waals surface area contributed by atoms with E-state index in [0.717, 1.165) is 5.56 Å². The molecule has 2 N–H and O–H groups in total. The summed E-state index contributed by atoms with van der Waals surface area (Å²) < 4.78 is 27.1. The van der Waals surface area contributed by atoms with Gasteiger partial charge in [0.05, 0.1) is 11.5 Å². The van der Waals surface area contributed by atoms with Gasteiger partial charge in [0.1, 0.15) is 4.90 Å². The number of aromatic nitrogens is 1. The van der Waals surface area contributed by atoms with Crippen LogP contribution in [0.2, 0.25) is 0 Å². The molecule has 0 bridgehead atoms. The maximum Gasteiger partial charge on any atom is 0.242 e. The highest BCUT2D eigenvalue weighted by Crippen LogP contribution is 2.26. The van der Waals surface area contributed by atoms with Crippen molar-refractivity contribution in [3.8, 4) is 0 Å². The fourth-order valence-electron chi connectivity index (χ4n) is 1.91. The van der Waals surface area contributed by atoms with Crippen LogP contribution in [0.1, 0.15) is 16.0 Å². The van der Waals surface area contributed by atoms with Crippen molar-refractivity contribution in [2.24, 2.45) is 0 Å². The number of pyridine rings is 1. The molecule has 2 rings (SSSR count). The van der Waals surface area contributed by atoms with Crippen molar-refractivity contribution in [1.29, 1.82) is 0 Å². The topological polar surface area (TPSA) is 79.3 Å². The fraction of sp³-hybridized carbons (Fsp3) is 0.308. The molecular formula is C13H16N2O3S2. The van der Waals surface area contributed by atoms with Gasteiger partial charge in [-0.25, -0.2) is 13.1 Å². The predicted molar refractivity (Wildman–Crippen MR) is 78.1 cm³/mol. The molecule has 0 aromatic carbocycles. The summed E-state index contributed by atoms with van der Waals surface area (Å²) in [6, 6.07) is 3.70. The molecule has 20 heavy (non-hydrogen) atoms. The van der Waals surface area contributed by atoms with Crippen molar-refractivity contribution < 1.29 is 13.5 Å². The van der Waals surface area contributed by atoms with E-state index in [2.05, 4.69) is 9.71 Å². The molecule has 0 spiro atoms. The SMILES string of the molecule is Cc1csc(CO)c1S(=O)(=O)NCCc1ccncc1. The van der Waals surface area contributed by atoms with E-state index < -0.39 is 10.0 Å². The number of hydrogen-bond donors (Lipinski definition) is 2. The molecule has 0 aliphatic heterocycles. The van der Waals surface area contributed by atoms with Crippen LogP contribution in [0.25, 0.3) is 0 Å². The van der Waals surface area contributed by atoms with Crippen LogP contribution >= 0.6 is 11.3 Å². The van der Waals surface area contributed by atoms with Gasteiger partial charge in [0, 0.05) is 18.9 Å². The van der Waals surface area contributed by atoms with Gasteiger partial charge in [0.15, 0.2) is 0 Å². The lowest BCUT2D eigenvalue weighted by Crippen LogP contribution is -2.27. The lowest BCUT2D eigenvalue weighted by Gasteiger charge is -2.08. The number of thiophene rings is 1. The smallest absolute Gasteiger partial charge is 0.242 e. The van der Waals surface area contributed by atoms with Crippen molar-refractivity contribution >= 4 is 21.4 Å². The van der Waals surface area contributed by atoms with Crippen LogP contribution in [-0.2, 0) is 23.1 Å². The second-order valence-electron chi connectivity index (χ2n) is 4.33. The van der Waals surface area contributed by atoms with E-state index in [4.69, 9.17) is 0 Å². The third-order valence-electron chi connectivity index (χ3n) is 2.86. The Labute approximate surface area is 122 Å². The Hall–Kier alpha value is -1.28. The van der Waals surface area contributed by atoms with Gasteiger partial charge in [-0.15, -0.1) is 11.3 Å². The maximum atomic E-state index is 12.3. The number of hydrogen-bond acceptors (Lipinski definition) is 5. The van der Waals surface area contributed by atoms with Gasteiger partial charge in [-0.3, -0.25) is 4.98 Å². The molecule has 2 aromatic rings. The first-order valence-corrected chi connectivity index (χ1v) is 8.47. The van der Waals surface area contributed by atoms with Gasteiger partial charge >= 0.3 is 0 Å². The summed E-state index contributed by atoms with van der Waals surface area (Å²) in [5.74, 6) is 0. The molecule has 0 amide bonds. The molecule has 5 nitrogen and oxygen atoms in total. The number of rotatable bonds is 6. The van der Waals surface area contributed by atoms with Gasteiger partial charge in [0.25, 0.3) is 0 Å². The van der Waals surface area contributed by atoms with E-state index in [1.54, 1.807) is 24.7 Å². The monoisotopic (exact) mass is 312 g/mol. The molecule has 0 fully saturated rings. The predicted octanol–water partition coefficient (Wildman–Crippen LogP) is 1.46. The number of aliphatic hydroxyl groups is 1. The minimum atomic E-state index is -3.58. The minimum Gasteiger partial charge on any atom is -0.391 e. The van der Waals surface area contributed by atoms with Crippen LogP contribution in [0.3, 0.4) is 0 Å². The molecule has 7 heteroatoms.